The molecule has 142 valence electrons. The summed E-state index contributed by atoms with van der Waals surface area (Å²) in [5.41, 5.74) is 0.422. The Labute approximate surface area is 149 Å². The topological polar surface area (TPSA) is 119 Å². The first-order valence-electron chi connectivity index (χ1n) is 7.33. The van der Waals surface area contributed by atoms with Gasteiger partial charge in [0.2, 0.25) is 0 Å². The fourth-order valence-electron chi connectivity index (χ4n) is 1.98. The van der Waals surface area contributed by atoms with Crippen molar-refractivity contribution in [3.8, 4) is 0 Å². The van der Waals surface area contributed by atoms with Crippen molar-refractivity contribution < 1.29 is 33.2 Å². The maximum Gasteiger partial charge on any atom is 0.469 e. The number of carbonyl (C=O) groups is 1. The molecule has 0 heterocycles. The Morgan fingerprint density at radius 1 is 1.48 bits per heavy atom. The fourth-order valence-corrected chi connectivity index (χ4v) is 2.54. The number of amides is 2. The number of aliphatic hydroxyl groups excluding tert-OH is 1. The summed E-state index contributed by atoms with van der Waals surface area (Å²) in [5.74, 6) is -0.580. The van der Waals surface area contributed by atoms with Crippen LogP contribution in [0.4, 0.5) is 9.18 Å². The minimum atomic E-state index is -4.66. The van der Waals surface area contributed by atoms with Crippen LogP contribution in [0.25, 0.3) is 0 Å². The van der Waals surface area contributed by atoms with Crippen LogP contribution in [0.2, 0.25) is 5.02 Å². The molecule has 1 rings (SSSR count). The Bertz CT molecular complexity index is 644. The molecule has 11 heteroatoms. The summed E-state index contributed by atoms with van der Waals surface area (Å²) in [6.45, 7) is 1.12. The number of nitrogens with one attached hydrogen (secondary N) is 1. The van der Waals surface area contributed by atoms with E-state index in [1.54, 1.807) is 13.0 Å². The second kappa shape index (κ2) is 9.47. The van der Waals surface area contributed by atoms with Crippen molar-refractivity contribution in [3.05, 3.63) is 34.6 Å². The standard InChI is InChI=1S/C14H21ClFN2O6P/c1-9(6-11(19)8-24-25(21,22)23)18(2)14(20)17-7-10-4-3-5-12(16)13(10)15/h3-5,9,11,19H,6-8H2,1-2H3,(H,17,20)(H2,21,22,23)/t9-,11?/m0/s1. The molecule has 0 radical (unpaired) electrons. The second-order valence-corrected chi connectivity index (χ2v) is 7.12. The number of benzene rings is 1. The molecule has 0 saturated carbocycles. The van der Waals surface area contributed by atoms with E-state index in [0.717, 1.165) is 0 Å². The first kappa shape index (κ1) is 21.8. The van der Waals surface area contributed by atoms with Gasteiger partial charge in [-0.05, 0) is 25.0 Å². The third-order valence-corrected chi connectivity index (χ3v) is 4.40. The number of urea groups is 1. The van der Waals surface area contributed by atoms with Crippen LogP contribution in [0.1, 0.15) is 18.9 Å². The highest BCUT2D eigenvalue weighted by atomic mass is 35.5. The lowest BCUT2D eigenvalue weighted by atomic mass is 10.1. The molecule has 1 unspecified atom stereocenters. The number of carbonyl (C=O) groups excluding carboxylic acids is 1. The zero-order chi connectivity index (χ0) is 19.2. The average Bonchev–Trinajstić information content (AvgIpc) is 2.52. The third kappa shape index (κ3) is 7.68. The van der Waals surface area contributed by atoms with Gasteiger partial charge in [-0.15, -0.1) is 0 Å². The lowest BCUT2D eigenvalue weighted by Gasteiger charge is -2.27. The van der Waals surface area contributed by atoms with Crippen LogP contribution in [-0.2, 0) is 15.6 Å². The average molecular weight is 399 g/mol. The summed E-state index contributed by atoms with van der Waals surface area (Å²) in [6.07, 6.45) is -1.11. The van der Waals surface area contributed by atoms with Crippen LogP contribution in [0.3, 0.4) is 0 Å². The molecule has 0 aliphatic rings. The van der Waals surface area contributed by atoms with Crippen molar-refractivity contribution in [2.45, 2.75) is 32.0 Å². The van der Waals surface area contributed by atoms with Crippen LogP contribution in [-0.4, -0.2) is 51.6 Å². The van der Waals surface area contributed by atoms with E-state index in [9.17, 15) is 18.9 Å². The van der Waals surface area contributed by atoms with Crippen molar-refractivity contribution in [3.63, 3.8) is 0 Å². The molecular formula is C14H21ClFN2O6P. The second-order valence-electron chi connectivity index (χ2n) is 5.51. The van der Waals surface area contributed by atoms with Gasteiger partial charge in [-0.1, -0.05) is 23.7 Å². The number of halogens is 2. The Balaban J connectivity index is 2.49. The number of phosphoric ester groups is 1. The molecule has 2 amide bonds. The largest absolute Gasteiger partial charge is 0.469 e. The van der Waals surface area contributed by atoms with Crippen LogP contribution >= 0.6 is 19.4 Å². The van der Waals surface area contributed by atoms with E-state index >= 15 is 0 Å². The van der Waals surface area contributed by atoms with Gasteiger partial charge in [0, 0.05) is 19.6 Å². The molecule has 0 aromatic heterocycles. The van der Waals surface area contributed by atoms with Crippen LogP contribution in [0.5, 0.6) is 0 Å². The molecule has 0 fully saturated rings. The Kier molecular flexibility index (Phi) is 8.27. The highest BCUT2D eigenvalue weighted by Crippen LogP contribution is 2.35. The summed E-state index contributed by atoms with van der Waals surface area (Å²) >= 11 is 5.81. The van der Waals surface area contributed by atoms with Crippen molar-refractivity contribution in [1.82, 2.24) is 10.2 Å². The number of phosphoric acid groups is 1. The van der Waals surface area contributed by atoms with Gasteiger partial charge >= 0.3 is 13.9 Å². The summed E-state index contributed by atoms with van der Waals surface area (Å²) in [6, 6.07) is 3.35. The zero-order valence-corrected chi connectivity index (χ0v) is 15.4. The monoisotopic (exact) mass is 398 g/mol. The van der Waals surface area contributed by atoms with Crippen molar-refractivity contribution in [2.75, 3.05) is 13.7 Å². The van der Waals surface area contributed by atoms with E-state index in [1.165, 1.54) is 24.1 Å². The van der Waals surface area contributed by atoms with E-state index in [1.807, 2.05) is 0 Å². The summed E-state index contributed by atoms with van der Waals surface area (Å²) in [5, 5.41) is 12.2. The number of aliphatic hydroxyl groups is 1. The van der Waals surface area contributed by atoms with Gasteiger partial charge in [0.15, 0.2) is 0 Å². The lowest BCUT2D eigenvalue weighted by molar-refractivity contribution is 0.0634. The van der Waals surface area contributed by atoms with Gasteiger partial charge in [-0.3, -0.25) is 4.52 Å². The number of hydrogen-bond acceptors (Lipinski definition) is 4. The van der Waals surface area contributed by atoms with Gasteiger partial charge in [-0.2, -0.15) is 0 Å². The third-order valence-electron chi connectivity index (χ3n) is 3.49. The zero-order valence-electron chi connectivity index (χ0n) is 13.7. The molecule has 1 aromatic rings. The van der Waals surface area contributed by atoms with Gasteiger partial charge in [-0.25, -0.2) is 13.8 Å². The molecule has 2 atom stereocenters. The molecule has 0 aliphatic carbocycles. The van der Waals surface area contributed by atoms with E-state index in [2.05, 4.69) is 9.84 Å². The Morgan fingerprint density at radius 3 is 2.72 bits per heavy atom. The molecular weight excluding hydrogens is 378 g/mol. The minimum absolute atomic E-state index is 0.0242. The predicted octanol–water partition coefficient (Wildman–Crippen LogP) is 1.87. The number of nitrogens with zero attached hydrogens (tertiary/aromatic N) is 1. The van der Waals surface area contributed by atoms with Crippen molar-refractivity contribution >= 4 is 25.5 Å². The molecule has 8 nitrogen and oxygen atoms in total. The van der Waals surface area contributed by atoms with Gasteiger partial charge < -0.3 is 25.1 Å². The van der Waals surface area contributed by atoms with E-state index in [0.29, 0.717) is 5.56 Å². The smallest absolute Gasteiger partial charge is 0.391 e. The van der Waals surface area contributed by atoms with Gasteiger partial charge in [0.25, 0.3) is 0 Å². The minimum Gasteiger partial charge on any atom is -0.391 e. The van der Waals surface area contributed by atoms with Crippen molar-refractivity contribution in [1.29, 1.82) is 0 Å². The summed E-state index contributed by atoms with van der Waals surface area (Å²) in [4.78, 5) is 30.6. The molecule has 25 heavy (non-hydrogen) atoms. The van der Waals surface area contributed by atoms with E-state index in [-0.39, 0.29) is 18.0 Å². The van der Waals surface area contributed by atoms with Crippen molar-refractivity contribution in [2.24, 2.45) is 0 Å². The molecule has 0 saturated heterocycles. The highest BCUT2D eigenvalue weighted by Gasteiger charge is 2.22. The maximum atomic E-state index is 13.3. The highest BCUT2D eigenvalue weighted by molar-refractivity contribution is 7.46. The lowest BCUT2D eigenvalue weighted by Crippen LogP contribution is -2.43. The SMILES string of the molecule is C[C@@H](CC(O)COP(=O)(O)O)N(C)C(=O)NCc1cccc(F)c1Cl. The van der Waals surface area contributed by atoms with Gasteiger partial charge in [0.1, 0.15) is 5.82 Å². The van der Waals surface area contributed by atoms with Gasteiger partial charge in [0.05, 0.1) is 17.7 Å². The van der Waals surface area contributed by atoms with E-state index < -0.39 is 38.4 Å². The van der Waals surface area contributed by atoms with E-state index in [4.69, 9.17) is 21.4 Å². The molecule has 0 bridgehead atoms. The first-order chi connectivity index (χ1) is 11.5. The normalized spacial score (nSPS) is 14.0. The molecule has 1 aromatic carbocycles. The fraction of sp³-hybridized carbons (Fsp3) is 0.500. The van der Waals surface area contributed by atoms with Crippen LogP contribution < -0.4 is 5.32 Å². The predicted molar refractivity (Wildman–Crippen MR) is 89.5 cm³/mol. The Morgan fingerprint density at radius 2 is 2.12 bits per heavy atom. The van der Waals surface area contributed by atoms with Crippen LogP contribution in [0.15, 0.2) is 18.2 Å². The molecule has 0 aliphatic heterocycles. The first-order valence-corrected chi connectivity index (χ1v) is 9.23. The molecule has 4 N–H and O–H groups in total. The summed E-state index contributed by atoms with van der Waals surface area (Å²) < 4.78 is 28.1. The maximum absolute atomic E-state index is 13.3. The molecule has 0 spiro atoms. The summed E-state index contributed by atoms with van der Waals surface area (Å²) in [7, 11) is -3.17. The van der Waals surface area contributed by atoms with Crippen LogP contribution in [0, 0.1) is 5.82 Å². The number of rotatable bonds is 8. The number of hydrogen-bond donors (Lipinski definition) is 4. The quantitative estimate of drug-likeness (QED) is 0.496. The Hall–Kier alpha value is -1.22.